The first-order chi connectivity index (χ1) is 17.6. The van der Waals surface area contributed by atoms with Crippen LogP contribution in [0.2, 0.25) is 0 Å². The smallest absolute Gasteiger partial charge is 0.361 e. The SMILES string of the molecule is COc1ccc(-c2c3n(c4c(=O)oc5ccccc5c24)CCc2cc(OC)c(OC)cc2-3)cc1OC. The fraction of sp³-hybridized carbons (Fsp3) is 0.207. The van der Waals surface area contributed by atoms with Gasteiger partial charge in [-0.05, 0) is 47.9 Å². The maximum Gasteiger partial charge on any atom is 0.361 e. The number of ether oxygens (including phenoxy) is 4. The molecule has 0 saturated heterocycles. The van der Waals surface area contributed by atoms with Crippen molar-refractivity contribution in [3.05, 3.63) is 70.6 Å². The summed E-state index contributed by atoms with van der Waals surface area (Å²) < 4.78 is 30.2. The number of nitrogens with zero attached hydrogens (tertiary/aromatic N) is 1. The Balaban J connectivity index is 1.81. The summed E-state index contributed by atoms with van der Waals surface area (Å²) in [7, 11) is 6.49. The third-order valence-electron chi connectivity index (χ3n) is 6.96. The lowest BCUT2D eigenvalue weighted by molar-refractivity contribution is 0.354. The fourth-order valence-corrected chi connectivity index (χ4v) is 5.36. The van der Waals surface area contributed by atoms with Crippen molar-refractivity contribution in [2.24, 2.45) is 0 Å². The molecule has 0 aliphatic carbocycles. The summed E-state index contributed by atoms with van der Waals surface area (Å²) in [6.07, 6.45) is 0.740. The largest absolute Gasteiger partial charge is 0.493 e. The number of hydrogen-bond donors (Lipinski definition) is 0. The third-order valence-corrected chi connectivity index (χ3v) is 6.96. The molecular weight excluding hydrogens is 458 g/mol. The van der Waals surface area contributed by atoms with Crippen molar-refractivity contribution in [2.75, 3.05) is 28.4 Å². The first-order valence-electron chi connectivity index (χ1n) is 11.6. The topological polar surface area (TPSA) is 72.1 Å². The first-order valence-corrected chi connectivity index (χ1v) is 11.6. The number of methoxy groups -OCH3 is 4. The Morgan fingerprint density at radius 3 is 2.25 bits per heavy atom. The predicted molar refractivity (Wildman–Crippen MR) is 139 cm³/mol. The van der Waals surface area contributed by atoms with Gasteiger partial charge in [0.1, 0.15) is 11.1 Å². The van der Waals surface area contributed by atoms with E-state index in [4.69, 9.17) is 23.4 Å². The molecule has 0 saturated carbocycles. The van der Waals surface area contributed by atoms with Crippen LogP contribution in [0.25, 0.3) is 44.3 Å². The van der Waals surface area contributed by atoms with Crippen molar-refractivity contribution in [1.82, 2.24) is 4.57 Å². The van der Waals surface area contributed by atoms with Crippen LogP contribution in [0.15, 0.2) is 63.8 Å². The molecule has 0 N–H and O–H groups in total. The molecule has 7 heteroatoms. The maximum atomic E-state index is 13.4. The zero-order valence-electron chi connectivity index (χ0n) is 20.5. The average molecular weight is 484 g/mol. The maximum absolute atomic E-state index is 13.4. The summed E-state index contributed by atoms with van der Waals surface area (Å²) >= 11 is 0. The van der Waals surface area contributed by atoms with Gasteiger partial charge in [-0.3, -0.25) is 0 Å². The standard InChI is InChI=1S/C29H25NO6/c1-32-21-10-9-17(14-22(21)33-2)25-26-18-7-5-6-8-20(18)36-29(31)28(26)30-12-11-16-13-23(34-3)24(35-4)15-19(16)27(25)30/h5-10,13-15H,11-12H2,1-4H3. The van der Waals surface area contributed by atoms with Gasteiger partial charge in [-0.2, -0.15) is 0 Å². The average Bonchev–Trinajstić information content (AvgIpc) is 3.28. The fourth-order valence-electron chi connectivity index (χ4n) is 5.36. The second kappa shape index (κ2) is 8.37. The molecule has 0 unspecified atom stereocenters. The van der Waals surface area contributed by atoms with Gasteiger partial charge in [0.05, 0.1) is 34.1 Å². The summed E-state index contributed by atoms with van der Waals surface area (Å²) in [5.74, 6) is 2.55. The molecule has 0 bridgehead atoms. The van der Waals surface area contributed by atoms with Crippen LogP contribution in [-0.4, -0.2) is 33.0 Å². The van der Waals surface area contributed by atoms with Gasteiger partial charge >= 0.3 is 5.63 Å². The minimum Gasteiger partial charge on any atom is -0.493 e. The van der Waals surface area contributed by atoms with Gasteiger partial charge in [-0.25, -0.2) is 4.79 Å². The van der Waals surface area contributed by atoms with Crippen LogP contribution < -0.4 is 24.6 Å². The molecular formula is C29H25NO6. The van der Waals surface area contributed by atoms with E-state index in [0.29, 0.717) is 40.6 Å². The van der Waals surface area contributed by atoms with Crippen molar-refractivity contribution in [1.29, 1.82) is 0 Å². The first kappa shape index (κ1) is 22.1. The number of aryl methyl sites for hydroxylation is 2. The van der Waals surface area contributed by atoms with Crippen LogP contribution in [0.4, 0.5) is 0 Å². The molecule has 7 nitrogen and oxygen atoms in total. The van der Waals surface area contributed by atoms with Crippen LogP contribution in [0.3, 0.4) is 0 Å². The van der Waals surface area contributed by atoms with E-state index < -0.39 is 0 Å². The van der Waals surface area contributed by atoms with Crippen LogP contribution in [0.5, 0.6) is 23.0 Å². The lowest BCUT2D eigenvalue weighted by Gasteiger charge is -2.23. The van der Waals surface area contributed by atoms with Gasteiger partial charge in [-0.15, -0.1) is 0 Å². The minimum absolute atomic E-state index is 0.361. The number of fused-ring (bicyclic) bond motifs is 7. The Kier molecular flexibility index (Phi) is 5.14. The molecule has 5 aromatic rings. The minimum atomic E-state index is -0.361. The van der Waals surface area contributed by atoms with Gasteiger partial charge in [0, 0.05) is 28.4 Å². The van der Waals surface area contributed by atoms with Gasteiger partial charge in [0.25, 0.3) is 0 Å². The Labute approximate surface area is 207 Å². The molecule has 3 aromatic carbocycles. The normalized spacial score (nSPS) is 12.3. The number of hydrogen-bond acceptors (Lipinski definition) is 6. The zero-order valence-corrected chi connectivity index (χ0v) is 20.5. The zero-order chi connectivity index (χ0) is 25.0. The number of benzene rings is 3. The molecule has 3 heterocycles. The molecule has 36 heavy (non-hydrogen) atoms. The van der Waals surface area contributed by atoms with Gasteiger partial charge in [-0.1, -0.05) is 24.3 Å². The summed E-state index contributed by atoms with van der Waals surface area (Å²) in [6, 6.07) is 17.5. The van der Waals surface area contributed by atoms with E-state index in [2.05, 4.69) is 4.57 Å². The van der Waals surface area contributed by atoms with Crippen molar-refractivity contribution >= 4 is 21.9 Å². The van der Waals surface area contributed by atoms with E-state index in [9.17, 15) is 4.79 Å². The molecule has 182 valence electrons. The molecule has 0 amide bonds. The number of rotatable bonds is 5. The van der Waals surface area contributed by atoms with E-state index in [0.717, 1.165) is 45.1 Å². The van der Waals surface area contributed by atoms with Crippen molar-refractivity contribution in [2.45, 2.75) is 13.0 Å². The summed E-state index contributed by atoms with van der Waals surface area (Å²) in [5, 5.41) is 1.73. The Hall–Kier alpha value is -4.39. The van der Waals surface area contributed by atoms with E-state index in [1.54, 1.807) is 28.4 Å². The van der Waals surface area contributed by atoms with E-state index in [1.807, 2.05) is 54.6 Å². The third kappa shape index (κ3) is 3.09. The Morgan fingerprint density at radius 2 is 1.50 bits per heavy atom. The highest BCUT2D eigenvalue weighted by atomic mass is 16.5. The van der Waals surface area contributed by atoms with E-state index >= 15 is 0 Å². The number of para-hydroxylation sites is 1. The highest BCUT2D eigenvalue weighted by molar-refractivity contribution is 6.16. The second-order valence-corrected chi connectivity index (χ2v) is 8.67. The molecule has 0 radical (unpaired) electrons. The van der Waals surface area contributed by atoms with Crippen molar-refractivity contribution < 1.29 is 23.4 Å². The van der Waals surface area contributed by atoms with Crippen molar-refractivity contribution in [3.63, 3.8) is 0 Å². The summed E-state index contributed by atoms with van der Waals surface area (Å²) in [5.41, 5.74) is 5.62. The second-order valence-electron chi connectivity index (χ2n) is 8.67. The van der Waals surface area contributed by atoms with Crippen LogP contribution >= 0.6 is 0 Å². The van der Waals surface area contributed by atoms with Gasteiger partial charge in [0.15, 0.2) is 23.0 Å². The van der Waals surface area contributed by atoms with Gasteiger partial charge < -0.3 is 27.9 Å². The lowest BCUT2D eigenvalue weighted by Crippen LogP contribution is -2.14. The monoisotopic (exact) mass is 483 g/mol. The Morgan fingerprint density at radius 1 is 0.806 bits per heavy atom. The lowest BCUT2D eigenvalue weighted by atomic mass is 9.91. The quantitative estimate of drug-likeness (QED) is 0.300. The summed E-state index contributed by atoms with van der Waals surface area (Å²) in [6.45, 7) is 0.630. The molecule has 2 aromatic heterocycles. The number of aromatic nitrogens is 1. The van der Waals surface area contributed by atoms with E-state index in [-0.39, 0.29) is 5.63 Å². The molecule has 0 fully saturated rings. The van der Waals surface area contributed by atoms with Crippen LogP contribution in [0, 0.1) is 0 Å². The van der Waals surface area contributed by atoms with Crippen molar-refractivity contribution in [3.8, 4) is 45.4 Å². The van der Waals surface area contributed by atoms with Crippen LogP contribution in [-0.2, 0) is 13.0 Å². The molecule has 1 aliphatic heterocycles. The highest BCUT2D eigenvalue weighted by Crippen LogP contribution is 2.49. The molecule has 0 atom stereocenters. The predicted octanol–water partition coefficient (Wildman–Crippen LogP) is 5.67. The summed E-state index contributed by atoms with van der Waals surface area (Å²) in [4.78, 5) is 13.4. The highest BCUT2D eigenvalue weighted by Gasteiger charge is 2.30. The van der Waals surface area contributed by atoms with Gasteiger partial charge in [0.2, 0.25) is 0 Å². The Bertz CT molecular complexity index is 1710. The molecule has 1 aliphatic rings. The molecule has 0 spiro atoms. The van der Waals surface area contributed by atoms with E-state index in [1.165, 1.54) is 0 Å². The molecule has 6 rings (SSSR count). The van der Waals surface area contributed by atoms with Crippen LogP contribution in [0.1, 0.15) is 5.56 Å².